The average Bonchev–Trinajstić information content (AvgIpc) is 2.70. The molecule has 1 aromatic carbocycles. The highest BCUT2D eigenvalue weighted by atomic mass is 16.5. The summed E-state index contributed by atoms with van der Waals surface area (Å²) in [6.45, 7) is 1.70. The number of imide groups is 1. The van der Waals surface area contributed by atoms with Gasteiger partial charge in [0.2, 0.25) is 0 Å². The first kappa shape index (κ1) is 13.0. The highest BCUT2D eigenvalue weighted by molar-refractivity contribution is 6.22. The van der Waals surface area contributed by atoms with Crippen LogP contribution in [-0.4, -0.2) is 17.8 Å². The first-order valence-corrected chi connectivity index (χ1v) is 5.95. The van der Waals surface area contributed by atoms with Gasteiger partial charge in [0.25, 0.3) is 11.8 Å². The van der Waals surface area contributed by atoms with E-state index in [1.54, 1.807) is 31.2 Å². The van der Waals surface area contributed by atoms with Gasteiger partial charge in [-0.15, -0.1) is 0 Å². The van der Waals surface area contributed by atoms with Gasteiger partial charge in [-0.05, 0) is 24.1 Å². The molecule has 2 rings (SSSR count). The Morgan fingerprint density at radius 1 is 1.32 bits per heavy atom. The monoisotopic (exact) mass is 259 g/mol. The second-order valence-electron chi connectivity index (χ2n) is 4.04. The van der Waals surface area contributed by atoms with Gasteiger partial charge >= 0.3 is 5.97 Å². The van der Waals surface area contributed by atoms with E-state index in [1.807, 2.05) is 0 Å². The Kier molecular flexibility index (Phi) is 3.75. The van der Waals surface area contributed by atoms with Crippen LogP contribution >= 0.6 is 0 Å². The molecule has 1 heterocycles. The summed E-state index contributed by atoms with van der Waals surface area (Å²) in [4.78, 5) is 34.0. The first-order chi connectivity index (χ1) is 9.13. The summed E-state index contributed by atoms with van der Waals surface area (Å²) in [5.74, 6) is -1.07. The van der Waals surface area contributed by atoms with E-state index in [0.29, 0.717) is 24.0 Å². The van der Waals surface area contributed by atoms with Crippen LogP contribution in [0.1, 0.15) is 39.6 Å². The van der Waals surface area contributed by atoms with Crippen LogP contribution in [0, 0.1) is 0 Å². The molecule has 0 spiro atoms. The number of amides is 2. The van der Waals surface area contributed by atoms with Crippen molar-refractivity contribution in [2.45, 2.75) is 19.8 Å². The van der Waals surface area contributed by atoms with Crippen molar-refractivity contribution in [1.82, 2.24) is 5.32 Å². The SMILES string of the molecule is CCC(=O)OC=CCc1cccc2c1C(=O)NC2=O. The minimum absolute atomic E-state index is 0.308. The number of nitrogens with one attached hydrogen (secondary N) is 1. The number of rotatable bonds is 4. The van der Waals surface area contributed by atoms with E-state index < -0.39 is 0 Å². The Morgan fingerprint density at radius 2 is 2.11 bits per heavy atom. The van der Waals surface area contributed by atoms with E-state index in [2.05, 4.69) is 5.32 Å². The zero-order valence-corrected chi connectivity index (χ0v) is 10.4. The maximum absolute atomic E-state index is 11.6. The van der Waals surface area contributed by atoms with Gasteiger partial charge < -0.3 is 4.74 Å². The molecule has 2 amide bonds. The van der Waals surface area contributed by atoms with Crippen LogP contribution in [0.15, 0.2) is 30.5 Å². The number of carbonyl (C=O) groups is 3. The van der Waals surface area contributed by atoms with Crippen molar-refractivity contribution in [2.24, 2.45) is 0 Å². The molecule has 0 radical (unpaired) electrons. The van der Waals surface area contributed by atoms with Gasteiger partial charge in [0, 0.05) is 6.42 Å². The molecule has 0 bridgehead atoms. The molecule has 19 heavy (non-hydrogen) atoms. The summed E-state index contributed by atoms with van der Waals surface area (Å²) in [6.07, 6.45) is 3.67. The standard InChI is InChI=1S/C14H13NO4/c1-2-11(16)19-8-4-6-9-5-3-7-10-12(9)14(18)15-13(10)17/h3-5,7-8H,2,6H2,1H3,(H,15,17,18). The fourth-order valence-electron chi connectivity index (χ4n) is 1.84. The lowest BCUT2D eigenvalue weighted by Crippen LogP contribution is -2.20. The number of esters is 1. The smallest absolute Gasteiger partial charge is 0.310 e. The zero-order valence-electron chi connectivity index (χ0n) is 10.4. The third kappa shape index (κ3) is 2.70. The van der Waals surface area contributed by atoms with Crippen molar-refractivity contribution < 1.29 is 19.1 Å². The maximum Gasteiger partial charge on any atom is 0.310 e. The number of benzene rings is 1. The number of fused-ring (bicyclic) bond motifs is 1. The number of carbonyl (C=O) groups excluding carboxylic acids is 3. The summed E-state index contributed by atoms with van der Waals surface area (Å²) in [6, 6.07) is 5.10. The summed E-state index contributed by atoms with van der Waals surface area (Å²) in [7, 11) is 0. The Balaban J connectivity index is 2.13. The Hall–Kier alpha value is -2.43. The van der Waals surface area contributed by atoms with Crippen LogP contribution in [0.2, 0.25) is 0 Å². The van der Waals surface area contributed by atoms with E-state index in [-0.39, 0.29) is 17.8 Å². The zero-order chi connectivity index (χ0) is 13.8. The van der Waals surface area contributed by atoms with Crippen LogP contribution < -0.4 is 5.32 Å². The van der Waals surface area contributed by atoms with Gasteiger partial charge in [0.05, 0.1) is 17.4 Å². The molecule has 1 aliphatic rings. The number of ether oxygens (including phenoxy) is 1. The maximum atomic E-state index is 11.6. The van der Waals surface area contributed by atoms with Crippen molar-refractivity contribution in [2.75, 3.05) is 0 Å². The molecule has 0 unspecified atom stereocenters. The Bertz CT molecular complexity index is 575. The van der Waals surface area contributed by atoms with Gasteiger partial charge in [0.1, 0.15) is 0 Å². The lowest BCUT2D eigenvalue weighted by Gasteiger charge is -2.02. The van der Waals surface area contributed by atoms with E-state index >= 15 is 0 Å². The predicted molar refractivity (Wildman–Crippen MR) is 67.5 cm³/mol. The average molecular weight is 259 g/mol. The van der Waals surface area contributed by atoms with E-state index in [1.165, 1.54) is 6.26 Å². The van der Waals surface area contributed by atoms with Crippen molar-refractivity contribution in [1.29, 1.82) is 0 Å². The number of hydrogen-bond donors (Lipinski definition) is 1. The molecule has 1 N–H and O–H groups in total. The third-order valence-electron chi connectivity index (χ3n) is 2.77. The molecule has 5 nitrogen and oxygen atoms in total. The van der Waals surface area contributed by atoms with E-state index in [0.717, 1.165) is 5.56 Å². The molecule has 1 aliphatic heterocycles. The summed E-state index contributed by atoms with van der Waals surface area (Å²) in [5.41, 5.74) is 1.52. The number of hydrogen-bond acceptors (Lipinski definition) is 4. The van der Waals surface area contributed by atoms with Gasteiger partial charge in [-0.2, -0.15) is 0 Å². The molecule has 0 saturated heterocycles. The fraction of sp³-hybridized carbons (Fsp3) is 0.214. The minimum atomic E-state index is -0.380. The van der Waals surface area contributed by atoms with Gasteiger partial charge in [-0.25, -0.2) is 0 Å². The van der Waals surface area contributed by atoms with Gasteiger partial charge in [-0.1, -0.05) is 19.1 Å². The summed E-state index contributed by atoms with van der Waals surface area (Å²) >= 11 is 0. The van der Waals surface area contributed by atoms with Crippen molar-refractivity contribution in [3.63, 3.8) is 0 Å². The molecule has 0 atom stereocenters. The molecule has 0 aromatic heterocycles. The van der Waals surface area contributed by atoms with Crippen molar-refractivity contribution >= 4 is 17.8 Å². The van der Waals surface area contributed by atoms with Crippen LogP contribution in [0.5, 0.6) is 0 Å². The molecule has 0 saturated carbocycles. The fourth-order valence-corrected chi connectivity index (χ4v) is 1.84. The summed E-state index contributed by atoms with van der Waals surface area (Å²) in [5, 5.41) is 2.25. The molecule has 1 aromatic rings. The topological polar surface area (TPSA) is 72.5 Å². The molecule has 0 fully saturated rings. The van der Waals surface area contributed by atoms with Crippen LogP contribution in [0.3, 0.4) is 0 Å². The largest absolute Gasteiger partial charge is 0.435 e. The second kappa shape index (κ2) is 5.48. The quantitative estimate of drug-likeness (QED) is 0.506. The summed E-state index contributed by atoms with van der Waals surface area (Å²) < 4.78 is 4.79. The third-order valence-corrected chi connectivity index (χ3v) is 2.77. The van der Waals surface area contributed by atoms with Crippen molar-refractivity contribution in [3.05, 3.63) is 47.2 Å². The van der Waals surface area contributed by atoms with Gasteiger partial charge in [-0.3, -0.25) is 19.7 Å². The normalized spacial score (nSPS) is 13.5. The van der Waals surface area contributed by atoms with Crippen LogP contribution in [0.25, 0.3) is 0 Å². The first-order valence-electron chi connectivity index (χ1n) is 5.95. The van der Waals surface area contributed by atoms with Crippen LogP contribution in [-0.2, 0) is 16.0 Å². The lowest BCUT2D eigenvalue weighted by molar-refractivity contribution is -0.137. The molecular formula is C14H13NO4. The second-order valence-corrected chi connectivity index (χ2v) is 4.04. The highest BCUT2D eigenvalue weighted by Gasteiger charge is 2.28. The Labute approximate surface area is 110 Å². The van der Waals surface area contributed by atoms with E-state index in [9.17, 15) is 14.4 Å². The van der Waals surface area contributed by atoms with Crippen molar-refractivity contribution in [3.8, 4) is 0 Å². The number of allylic oxidation sites excluding steroid dienone is 1. The van der Waals surface area contributed by atoms with E-state index in [4.69, 9.17) is 4.74 Å². The highest BCUT2D eigenvalue weighted by Crippen LogP contribution is 2.20. The molecule has 5 heteroatoms. The molecule has 0 aliphatic carbocycles. The lowest BCUT2D eigenvalue weighted by atomic mass is 10.0. The predicted octanol–water partition coefficient (Wildman–Crippen LogP) is 1.58. The van der Waals surface area contributed by atoms with Gasteiger partial charge in [0.15, 0.2) is 0 Å². The van der Waals surface area contributed by atoms with Crippen LogP contribution in [0.4, 0.5) is 0 Å². The molecule has 98 valence electrons. The minimum Gasteiger partial charge on any atom is -0.435 e. The Morgan fingerprint density at radius 3 is 2.84 bits per heavy atom. The molecular weight excluding hydrogens is 246 g/mol.